The number of allylic oxidation sites excluding steroid dienone is 2. The van der Waals surface area contributed by atoms with Crippen LogP contribution in [0.5, 0.6) is 0 Å². The van der Waals surface area contributed by atoms with Crippen molar-refractivity contribution in [3.63, 3.8) is 0 Å². The van der Waals surface area contributed by atoms with E-state index in [0.717, 1.165) is 17.7 Å². The van der Waals surface area contributed by atoms with Gasteiger partial charge in [0.1, 0.15) is 0 Å². The van der Waals surface area contributed by atoms with Gasteiger partial charge in [-0.15, -0.1) is 0 Å². The molecule has 0 aliphatic heterocycles. The minimum absolute atomic E-state index is 0. The second-order valence-electron chi connectivity index (χ2n) is 1.71. The quantitative estimate of drug-likeness (QED) is 0.568. The van der Waals surface area contributed by atoms with Crippen molar-refractivity contribution in [2.75, 3.05) is 7.05 Å². The molecular weight excluding hydrogens is 197 g/mol. The molecule has 0 bridgehead atoms. The van der Waals surface area contributed by atoms with E-state index in [2.05, 4.69) is 25.7 Å². The summed E-state index contributed by atoms with van der Waals surface area (Å²) in [5, 5.41) is 2.92. The molecule has 0 aromatic heterocycles. The summed E-state index contributed by atoms with van der Waals surface area (Å²) in [5.41, 5.74) is 1.97. The first-order valence-corrected chi connectivity index (χ1v) is 3.90. The summed E-state index contributed by atoms with van der Waals surface area (Å²) in [6, 6.07) is 0. The Morgan fingerprint density at radius 3 is 1.92 bits per heavy atom. The van der Waals surface area contributed by atoms with Crippen molar-refractivity contribution in [2.24, 2.45) is 0 Å². The Bertz CT molecular complexity index is 128. The van der Waals surface area contributed by atoms with Gasteiger partial charge < -0.3 is 19.7 Å². The van der Waals surface area contributed by atoms with Crippen LogP contribution in [0.25, 0.3) is 0 Å². The summed E-state index contributed by atoms with van der Waals surface area (Å²) in [6.07, 6.45) is 2.51. The van der Waals surface area contributed by atoms with Gasteiger partial charge in [0.15, 0.2) is 0 Å². The predicted octanol–water partition coefficient (Wildman–Crippen LogP) is 3.18. The number of hydrogen-bond acceptors (Lipinski definition) is 1. The fourth-order valence-electron chi connectivity index (χ4n) is 0.537. The zero-order chi connectivity index (χ0) is 9.28. The van der Waals surface area contributed by atoms with Gasteiger partial charge in [0.25, 0.3) is 0 Å². The van der Waals surface area contributed by atoms with Crippen LogP contribution in [-0.2, 0) is 18.6 Å². The van der Waals surface area contributed by atoms with Crippen molar-refractivity contribution in [1.29, 1.82) is 0 Å². The predicted molar refractivity (Wildman–Crippen MR) is 59.4 cm³/mol. The van der Waals surface area contributed by atoms with Crippen molar-refractivity contribution in [3.05, 3.63) is 45.2 Å². The third-order valence-corrected chi connectivity index (χ3v) is 1.21. The molecule has 0 amide bonds. The maximum atomic E-state index is 3.76. The van der Waals surface area contributed by atoms with Gasteiger partial charge in [-0.05, 0) is 0 Å². The first-order valence-electron chi connectivity index (χ1n) is 3.90. The van der Waals surface area contributed by atoms with Gasteiger partial charge in [-0.3, -0.25) is 0 Å². The fourth-order valence-corrected chi connectivity index (χ4v) is 0.537. The van der Waals surface area contributed by atoms with Crippen LogP contribution in [0, 0.1) is 21.3 Å². The van der Waals surface area contributed by atoms with E-state index in [0.29, 0.717) is 0 Å². The van der Waals surface area contributed by atoms with Gasteiger partial charge in [-0.2, -0.15) is 0 Å². The monoisotopic (exact) mass is 219 g/mol. The third-order valence-electron chi connectivity index (χ3n) is 1.21. The van der Waals surface area contributed by atoms with E-state index >= 15 is 0 Å². The van der Waals surface area contributed by atoms with Gasteiger partial charge in [-0.1, -0.05) is 26.1 Å². The summed E-state index contributed by atoms with van der Waals surface area (Å²) in [5.74, 6) is 0. The summed E-state index contributed by atoms with van der Waals surface area (Å²) < 4.78 is 0. The SMILES string of the molecule is C=C(NC)C(=C[CH2-])C[CH2-].CC.[CH3-].[V]. The normalized spacial score (nSPS) is 8.15. The van der Waals surface area contributed by atoms with E-state index in [-0.39, 0.29) is 26.0 Å². The average molecular weight is 219 g/mol. The number of likely N-dealkylation sites (N-methyl/N-ethyl adjacent to an activating group) is 1. The first-order chi connectivity index (χ1) is 5.26. The Labute approximate surface area is 96.6 Å². The smallest absolute Gasteiger partial charge is 0.00185 e. The Hall–Kier alpha value is -0.266. The molecule has 0 heterocycles. The molecule has 1 nitrogen and oxygen atoms in total. The summed E-state index contributed by atoms with van der Waals surface area (Å²) in [7, 11) is 1.83. The third kappa shape index (κ3) is 11.7. The van der Waals surface area contributed by atoms with E-state index in [1.54, 1.807) is 6.08 Å². The van der Waals surface area contributed by atoms with Gasteiger partial charge in [0.2, 0.25) is 0 Å². The molecule has 0 rings (SSSR count). The maximum absolute atomic E-state index is 3.76. The topological polar surface area (TPSA) is 12.0 Å². The molecule has 1 N–H and O–H groups in total. The van der Waals surface area contributed by atoms with Crippen LogP contribution in [-0.4, -0.2) is 7.05 Å². The Morgan fingerprint density at radius 2 is 1.85 bits per heavy atom. The standard InChI is InChI=1S/C8H13N.C2H6.CH3.V/c1-5-8(6-2)7(3)9-4;1-2;;/h5,9H,1-3,6H2,4H3;1-2H3;1H3;/q-2;;-1;. The van der Waals surface area contributed by atoms with E-state index in [4.69, 9.17) is 0 Å². The van der Waals surface area contributed by atoms with E-state index in [9.17, 15) is 0 Å². The van der Waals surface area contributed by atoms with Crippen LogP contribution >= 0.6 is 0 Å². The van der Waals surface area contributed by atoms with E-state index < -0.39 is 0 Å². The molecule has 0 spiro atoms. The zero-order valence-corrected chi connectivity index (χ0v) is 10.7. The van der Waals surface area contributed by atoms with Crippen LogP contribution in [0.3, 0.4) is 0 Å². The Balaban J connectivity index is -0.0000000941. The van der Waals surface area contributed by atoms with Crippen molar-refractivity contribution >= 4 is 0 Å². The first kappa shape index (κ1) is 23.0. The van der Waals surface area contributed by atoms with Crippen molar-refractivity contribution in [3.8, 4) is 0 Å². The molecule has 0 saturated carbocycles. The molecule has 0 aromatic carbocycles. The molecule has 13 heavy (non-hydrogen) atoms. The molecule has 0 aromatic rings. The Kier molecular flexibility index (Phi) is 31.3. The van der Waals surface area contributed by atoms with Crippen LogP contribution < -0.4 is 5.32 Å². The minimum atomic E-state index is 0. The summed E-state index contributed by atoms with van der Waals surface area (Å²) >= 11 is 0. The second-order valence-corrected chi connectivity index (χ2v) is 1.71. The van der Waals surface area contributed by atoms with Crippen molar-refractivity contribution in [1.82, 2.24) is 5.32 Å². The number of nitrogens with one attached hydrogen (secondary N) is 1. The molecule has 0 fully saturated rings. The number of hydrogen-bond donors (Lipinski definition) is 1. The minimum Gasteiger partial charge on any atom is -0.403 e. The second kappa shape index (κ2) is 17.7. The van der Waals surface area contributed by atoms with E-state index in [1.165, 1.54) is 0 Å². The average Bonchev–Trinajstić information content (AvgIpc) is 2.10. The van der Waals surface area contributed by atoms with Gasteiger partial charge >= 0.3 is 0 Å². The number of rotatable bonds is 3. The van der Waals surface area contributed by atoms with Gasteiger partial charge in [-0.25, -0.2) is 25.0 Å². The molecule has 0 atom stereocenters. The molecular formula is C11H22NV-3. The van der Waals surface area contributed by atoms with Gasteiger partial charge in [0.05, 0.1) is 0 Å². The molecule has 0 saturated heterocycles. The van der Waals surface area contributed by atoms with Crippen molar-refractivity contribution < 1.29 is 18.6 Å². The summed E-state index contributed by atoms with van der Waals surface area (Å²) in [6.45, 7) is 15.1. The van der Waals surface area contributed by atoms with Crippen LogP contribution in [0.2, 0.25) is 0 Å². The van der Waals surface area contributed by atoms with Crippen molar-refractivity contribution in [2.45, 2.75) is 20.3 Å². The fraction of sp³-hybridized carbons (Fsp3) is 0.364. The van der Waals surface area contributed by atoms with Gasteiger partial charge in [0, 0.05) is 25.6 Å². The molecule has 0 aliphatic carbocycles. The molecule has 0 aliphatic rings. The summed E-state index contributed by atoms with van der Waals surface area (Å²) in [4.78, 5) is 0. The molecule has 2 heteroatoms. The van der Waals surface area contributed by atoms with Crippen LogP contribution in [0.15, 0.2) is 23.9 Å². The largest absolute Gasteiger partial charge is 0.403 e. The molecule has 1 radical (unpaired) electrons. The Morgan fingerprint density at radius 1 is 1.46 bits per heavy atom. The molecule has 0 unspecified atom stereocenters. The van der Waals surface area contributed by atoms with Crippen LogP contribution in [0.1, 0.15) is 20.3 Å². The van der Waals surface area contributed by atoms with E-state index in [1.807, 2.05) is 20.9 Å². The molecule has 79 valence electrons. The van der Waals surface area contributed by atoms with Crippen LogP contribution in [0.4, 0.5) is 0 Å². The zero-order valence-electron chi connectivity index (χ0n) is 9.35. The maximum Gasteiger partial charge on any atom is 0.00185 e.